The fraction of sp³-hybridized carbons (Fsp3) is 0.278. The Bertz CT molecular complexity index is 556. The first-order chi connectivity index (χ1) is 10.2. The zero-order valence-electron chi connectivity index (χ0n) is 12.4. The molecule has 0 saturated heterocycles. The molecule has 110 valence electrons. The van der Waals surface area contributed by atoms with Crippen molar-refractivity contribution >= 4 is 5.97 Å². The van der Waals surface area contributed by atoms with Gasteiger partial charge in [0.2, 0.25) is 0 Å². The summed E-state index contributed by atoms with van der Waals surface area (Å²) in [6, 6.07) is 7.40. The highest BCUT2D eigenvalue weighted by Gasteiger charge is 2.12. The zero-order valence-corrected chi connectivity index (χ0v) is 12.4. The van der Waals surface area contributed by atoms with Crippen molar-refractivity contribution in [2.24, 2.45) is 0 Å². The first-order valence-electron chi connectivity index (χ1n) is 6.82. The summed E-state index contributed by atoms with van der Waals surface area (Å²) in [4.78, 5) is 10.8. The van der Waals surface area contributed by atoms with Crippen molar-refractivity contribution in [3.63, 3.8) is 0 Å². The van der Waals surface area contributed by atoms with Crippen LogP contribution in [0.15, 0.2) is 48.6 Å². The molecule has 3 heteroatoms. The molecule has 0 aromatic heterocycles. The van der Waals surface area contributed by atoms with Crippen LogP contribution in [0.4, 0.5) is 0 Å². The Morgan fingerprint density at radius 1 is 1.33 bits per heavy atom. The van der Waals surface area contributed by atoms with Crippen LogP contribution in [0.3, 0.4) is 0 Å². The number of carbonyl (C=O) groups is 1. The van der Waals surface area contributed by atoms with Crippen molar-refractivity contribution in [2.75, 3.05) is 6.61 Å². The molecule has 0 bridgehead atoms. The van der Waals surface area contributed by atoms with Gasteiger partial charge in [0, 0.05) is 0 Å². The lowest BCUT2D eigenvalue weighted by Gasteiger charge is -2.10. The lowest BCUT2D eigenvalue weighted by Crippen LogP contribution is -2.04. The van der Waals surface area contributed by atoms with Crippen LogP contribution in [0.5, 0.6) is 5.75 Å². The minimum Gasteiger partial charge on any atom is -0.490 e. The van der Waals surface area contributed by atoms with Crippen LogP contribution in [0.1, 0.15) is 31.7 Å². The summed E-state index contributed by atoms with van der Waals surface area (Å²) < 4.78 is 5.56. The molecule has 1 rings (SSSR count). The second-order valence-corrected chi connectivity index (χ2v) is 4.38. The summed E-state index contributed by atoms with van der Waals surface area (Å²) in [6.07, 6.45) is 7.74. The monoisotopic (exact) mass is 284 g/mol. The molecule has 0 fully saturated rings. The third-order valence-electron chi connectivity index (χ3n) is 2.77. The standard InChI is InChI=1S/C18H20O3/c1-3-5-6-7-13-21-17-11-9-15(10-12-17)16(8-4-2)14-18(19)20/h3,5-7,9-12,16H,13-14H2,1-2H3,(H,19,20)/b5-3+,7-6+. The van der Waals surface area contributed by atoms with E-state index in [9.17, 15) is 4.79 Å². The number of carboxylic acids is 1. The van der Waals surface area contributed by atoms with Gasteiger partial charge in [-0.2, -0.15) is 0 Å². The molecule has 1 aromatic carbocycles. The van der Waals surface area contributed by atoms with E-state index in [0.29, 0.717) is 6.61 Å². The van der Waals surface area contributed by atoms with E-state index in [0.717, 1.165) is 11.3 Å². The highest BCUT2D eigenvalue weighted by atomic mass is 16.5. The quantitative estimate of drug-likeness (QED) is 0.612. The van der Waals surface area contributed by atoms with Gasteiger partial charge in [-0.15, -0.1) is 5.92 Å². The second kappa shape index (κ2) is 9.44. The molecular formula is C18H20O3. The third-order valence-corrected chi connectivity index (χ3v) is 2.77. The van der Waals surface area contributed by atoms with Gasteiger partial charge in [-0.3, -0.25) is 4.79 Å². The van der Waals surface area contributed by atoms with E-state index in [-0.39, 0.29) is 12.3 Å². The number of ether oxygens (including phenoxy) is 1. The van der Waals surface area contributed by atoms with Gasteiger partial charge >= 0.3 is 5.97 Å². The van der Waals surface area contributed by atoms with Crippen molar-refractivity contribution in [1.82, 2.24) is 0 Å². The maximum absolute atomic E-state index is 10.8. The summed E-state index contributed by atoms with van der Waals surface area (Å²) in [6.45, 7) is 4.16. The molecule has 1 atom stereocenters. The van der Waals surface area contributed by atoms with E-state index in [1.807, 2.05) is 55.5 Å². The first kappa shape index (κ1) is 16.6. The Morgan fingerprint density at radius 3 is 2.62 bits per heavy atom. The highest BCUT2D eigenvalue weighted by Crippen LogP contribution is 2.22. The smallest absolute Gasteiger partial charge is 0.304 e. The number of carboxylic acid groups (broad SMARTS) is 1. The van der Waals surface area contributed by atoms with E-state index in [1.165, 1.54) is 0 Å². The predicted octanol–water partition coefficient (Wildman–Crippen LogP) is 3.78. The highest BCUT2D eigenvalue weighted by molar-refractivity contribution is 5.69. The first-order valence-corrected chi connectivity index (χ1v) is 6.82. The average Bonchev–Trinajstić information content (AvgIpc) is 2.47. The van der Waals surface area contributed by atoms with Crippen molar-refractivity contribution in [2.45, 2.75) is 26.2 Å². The number of hydrogen-bond acceptors (Lipinski definition) is 2. The molecule has 21 heavy (non-hydrogen) atoms. The fourth-order valence-electron chi connectivity index (χ4n) is 1.79. The third kappa shape index (κ3) is 6.49. The summed E-state index contributed by atoms with van der Waals surface area (Å²) in [5.41, 5.74) is 0.892. The molecule has 0 amide bonds. The molecule has 1 unspecified atom stereocenters. The Kier molecular flexibility index (Phi) is 7.45. The van der Waals surface area contributed by atoms with E-state index in [1.54, 1.807) is 6.92 Å². The Morgan fingerprint density at radius 2 is 2.05 bits per heavy atom. The van der Waals surface area contributed by atoms with Gasteiger partial charge in [0.1, 0.15) is 12.4 Å². The number of aliphatic carboxylic acids is 1. The van der Waals surface area contributed by atoms with Crippen LogP contribution < -0.4 is 4.74 Å². The summed E-state index contributed by atoms with van der Waals surface area (Å²) in [5.74, 6) is 5.33. The minimum absolute atomic E-state index is 0.00708. The van der Waals surface area contributed by atoms with Crippen LogP contribution in [0.25, 0.3) is 0 Å². The fourth-order valence-corrected chi connectivity index (χ4v) is 1.79. The number of hydrogen-bond donors (Lipinski definition) is 1. The number of allylic oxidation sites excluding steroid dienone is 3. The van der Waals surface area contributed by atoms with Crippen LogP contribution >= 0.6 is 0 Å². The molecular weight excluding hydrogens is 264 g/mol. The van der Waals surface area contributed by atoms with Crippen molar-refractivity contribution in [3.8, 4) is 17.6 Å². The van der Waals surface area contributed by atoms with E-state index < -0.39 is 5.97 Å². The van der Waals surface area contributed by atoms with Gasteiger partial charge < -0.3 is 9.84 Å². The molecule has 0 saturated carbocycles. The minimum atomic E-state index is -0.850. The van der Waals surface area contributed by atoms with Gasteiger partial charge in [-0.25, -0.2) is 0 Å². The maximum atomic E-state index is 10.8. The second-order valence-electron chi connectivity index (χ2n) is 4.38. The number of benzene rings is 1. The van der Waals surface area contributed by atoms with Crippen LogP contribution in [-0.2, 0) is 4.79 Å². The Hall–Kier alpha value is -2.47. The van der Waals surface area contributed by atoms with Gasteiger partial charge in [0.25, 0.3) is 0 Å². The number of rotatable bonds is 7. The summed E-state index contributed by atoms with van der Waals surface area (Å²) in [5, 5.41) is 8.91. The Balaban J connectivity index is 2.66. The van der Waals surface area contributed by atoms with Gasteiger partial charge in [0.15, 0.2) is 0 Å². The normalized spacial score (nSPS) is 12.1. The SMILES string of the molecule is CC#CC(CC(=O)O)c1ccc(OC/C=C/C=C/C)cc1. The molecule has 1 N–H and O–H groups in total. The molecule has 0 heterocycles. The summed E-state index contributed by atoms with van der Waals surface area (Å²) in [7, 11) is 0. The van der Waals surface area contributed by atoms with E-state index in [4.69, 9.17) is 9.84 Å². The predicted molar refractivity (Wildman–Crippen MR) is 84.3 cm³/mol. The van der Waals surface area contributed by atoms with Gasteiger partial charge in [0.05, 0.1) is 12.3 Å². The average molecular weight is 284 g/mol. The molecule has 0 radical (unpaired) electrons. The molecule has 3 nitrogen and oxygen atoms in total. The zero-order chi connectivity index (χ0) is 15.5. The topological polar surface area (TPSA) is 46.5 Å². The summed E-state index contributed by atoms with van der Waals surface area (Å²) >= 11 is 0. The molecule has 0 aliphatic heterocycles. The van der Waals surface area contributed by atoms with Crippen molar-refractivity contribution in [1.29, 1.82) is 0 Å². The largest absolute Gasteiger partial charge is 0.490 e. The molecule has 0 aliphatic carbocycles. The molecule has 1 aromatic rings. The van der Waals surface area contributed by atoms with Crippen molar-refractivity contribution in [3.05, 3.63) is 54.1 Å². The van der Waals surface area contributed by atoms with Crippen LogP contribution in [0.2, 0.25) is 0 Å². The van der Waals surface area contributed by atoms with E-state index in [2.05, 4.69) is 11.8 Å². The molecule has 0 aliphatic rings. The van der Waals surface area contributed by atoms with Crippen molar-refractivity contribution < 1.29 is 14.6 Å². The Labute approximate surface area is 126 Å². The lowest BCUT2D eigenvalue weighted by atomic mass is 9.96. The maximum Gasteiger partial charge on any atom is 0.304 e. The van der Waals surface area contributed by atoms with Crippen LogP contribution in [0, 0.1) is 11.8 Å². The van der Waals surface area contributed by atoms with Gasteiger partial charge in [-0.05, 0) is 37.6 Å². The molecule has 0 spiro atoms. The lowest BCUT2D eigenvalue weighted by molar-refractivity contribution is -0.137. The van der Waals surface area contributed by atoms with Crippen LogP contribution in [-0.4, -0.2) is 17.7 Å². The van der Waals surface area contributed by atoms with Gasteiger partial charge in [-0.1, -0.05) is 36.3 Å². The van der Waals surface area contributed by atoms with E-state index >= 15 is 0 Å².